The van der Waals surface area contributed by atoms with E-state index in [-0.39, 0.29) is 0 Å². The molecule has 3 saturated carbocycles. The highest BCUT2D eigenvalue weighted by Crippen LogP contribution is 2.51. The van der Waals surface area contributed by atoms with E-state index in [4.69, 9.17) is 0 Å². The number of allylic oxidation sites excluding steroid dienone is 1. The van der Waals surface area contributed by atoms with E-state index in [0.29, 0.717) is 35.4 Å². The van der Waals surface area contributed by atoms with Crippen molar-refractivity contribution >= 4 is 5.78 Å². The van der Waals surface area contributed by atoms with Gasteiger partial charge in [-0.3, -0.25) is 4.79 Å². The van der Waals surface area contributed by atoms with Crippen molar-refractivity contribution in [2.75, 3.05) is 0 Å². The van der Waals surface area contributed by atoms with Gasteiger partial charge < -0.3 is 0 Å². The molecule has 5 atom stereocenters. The van der Waals surface area contributed by atoms with Crippen LogP contribution in [0.1, 0.15) is 51.9 Å². The Morgan fingerprint density at radius 1 is 0.941 bits per heavy atom. The van der Waals surface area contributed by atoms with Gasteiger partial charge in [-0.15, -0.1) is 0 Å². The molecule has 0 bridgehead atoms. The number of Topliss-reactive ketones (excluding diaryl/α,β-unsaturated/α-hetero) is 1. The van der Waals surface area contributed by atoms with Gasteiger partial charge in [0.15, 0.2) is 0 Å². The average molecular weight is 232 g/mol. The van der Waals surface area contributed by atoms with Crippen molar-refractivity contribution in [3.05, 3.63) is 12.2 Å². The maximum absolute atomic E-state index is 12.7. The molecule has 0 aliphatic heterocycles. The predicted molar refractivity (Wildman–Crippen MR) is 69.6 cm³/mol. The summed E-state index contributed by atoms with van der Waals surface area (Å²) in [7, 11) is 0. The highest BCUT2D eigenvalue weighted by atomic mass is 16.1. The Hall–Kier alpha value is -0.590. The van der Waals surface area contributed by atoms with Crippen LogP contribution in [0.25, 0.3) is 0 Å². The Morgan fingerprint density at radius 3 is 2.35 bits per heavy atom. The van der Waals surface area contributed by atoms with Crippen molar-refractivity contribution in [2.45, 2.75) is 51.9 Å². The average Bonchev–Trinajstić information content (AvgIpc) is 2.36. The first kappa shape index (κ1) is 11.5. The molecule has 17 heavy (non-hydrogen) atoms. The quantitative estimate of drug-likeness (QED) is 0.577. The Bertz CT molecular complexity index is 343. The Kier molecular flexibility index (Phi) is 2.88. The van der Waals surface area contributed by atoms with E-state index in [1.807, 2.05) is 0 Å². The van der Waals surface area contributed by atoms with Crippen LogP contribution in [0, 0.1) is 29.6 Å². The SMILES string of the molecule is C=C1C2CCCCC2C(=O)C2C(C)CCCC12. The van der Waals surface area contributed by atoms with Crippen molar-refractivity contribution in [3.63, 3.8) is 0 Å². The third kappa shape index (κ3) is 1.70. The zero-order chi connectivity index (χ0) is 12.0. The van der Waals surface area contributed by atoms with Gasteiger partial charge in [-0.2, -0.15) is 0 Å². The minimum absolute atomic E-state index is 0.329. The largest absolute Gasteiger partial charge is 0.299 e. The van der Waals surface area contributed by atoms with E-state index >= 15 is 0 Å². The smallest absolute Gasteiger partial charge is 0.140 e. The molecule has 0 spiro atoms. The zero-order valence-corrected chi connectivity index (χ0v) is 11.0. The van der Waals surface area contributed by atoms with Crippen molar-refractivity contribution in [1.82, 2.24) is 0 Å². The van der Waals surface area contributed by atoms with Gasteiger partial charge in [-0.05, 0) is 43.4 Å². The van der Waals surface area contributed by atoms with Gasteiger partial charge in [0.1, 0.15) is 5.78 Å². The van der Waals surface area contributed by atoms with E-state index in [1.165, 1.54) is 44.1 Å². The standard InChI is InChI=1S/C16H24O/c1-10-6-5-9-13-11(2)12-7-3-4-8-14(12)16(17)15(10)13/h10,12-15H,2-9H2,1H3. The number of carbonyl (C=O) groups is 1. The summed E-state index contributed by atoms with van der Waals surface area (Å²) in [5, 5.41) is 0. The summed E-state index contributed by atoms with van der Waals surface area (Å²) >= 11 is 0. The van der Waals surface area contributed by atoms with Gasteiger partial charge in [0, 0.05) is 11.8 Å². The Morgan fingerprint density at radius 2 is 1.59 bits per heavy atom. The van der Waals surface area contributed by atoms with Crippen LogP contribution in [0.3, 0.4) is 0 Å². The molecule has 0 radical (unpaired) electrons. The molecule has 0 aromatic rings. The molecule has 3 aliphatic carbocycles. The third-order valence-corrected chi connectivity index (χ3v) is 5.63. The van der Waals surface area contributed by atoms with Crippen LogP contribution >= 0.6 is 0 Å². The molecular weight excluding hydrogens is 208 g/mol. The van der Waals surface area contributed by atoms with Gasteiger partial charge in [-0.1, -0.05) is 38.3 Å². The lowest BCUT2D eigenvalue weighted by molar-refractivity contribution is -0.136. The molecule has 94 valence electrons. The molecule has 0 aromatic heterocycles. The van der Waals surface area contributed by atoms with E-state index in [1.54, 1.807) is 0 Å². The summed E-state index contributed by atoms with van der Waals surface area (Å²) in [6, 6.07) is 0. The van der Waals surface area contributed by atoms with Gasteiger partial charge in [0.2, 0.25) is 0 Å². The van der Waals surface area contributed by atoms with Gasteiger partial charge >= 0.3 is 0 Å². The number of rotatable bonds is 0. The highest BCUT2D eigenvalue weighted by Gasteiger charge is 2.49. The molecule has 3 aliphatic rings. The van der Waals surface area contributed by atoms with Crippen molar-refractivity contribution in [3.8, 4) is 0 Å². The van der Waals surface area contributed by atoms with E-state index in [0.717, 1.165) is 6.42 Å². The first-order chi connectivity index (χ1) is 8.20. The molecule has 1 nitrogen and oxygen atoms in total. The number of fused-ring (bicyclic) bond motifs is 2. The number of ketones is 1. The van der Waals surface area contributed by atoms with Crippen LogP contribution in [-0.2, 0) is 4.79 Å². The van der Waals surface area contributed by atoms with E-state index < -0.39 is 0 Å². The summed E-state index contributed by atoms with van der Waals surface area (Å²) in [4.78, 5) is 12.7. The minimum Gasteiger partial charge on any atom is -0.299 e. The lowest BCUT2D eigenvalue weighted by Gasteiger charge is -2.48. The first-order valence-electron chi connectivity index (χ1n) is 7.42. The summed E-state index contributed by atoms with van der Waals surface area (Å²) in [5.41, 5.74) is 1.45. The second kappa shape index (κ2) is 4.26. The minimum atomic E-state index is 0.329. The van der Waals surface area contributed by atoms with E-state index in [9.17, 15) is 4.79 Å². The molecule has 0 heterocycles. The molecule has 5 unspecified atom stereocenters. The zero-order valence-electron chi connectivity index (χ0n) is 11.0. The highest BCUT2D eigenvalue weighted by molar-refractivity contribution is 5.86. The Balaban J connectivity index is 1.92. The summed E-state index contributed by atoms with van der Waals surface area (Å²) in [5.74, 6) is 2.96. The molecule has 3 rings (SSSR count). The molecular formula is C16H24O. The maximum Gasteiger partial charge on any atom is 0.140 e. The number of carbonyl (C=O) groups excluding carboxylic acids is 1. The first-order valence-corrected chi connectivity index (χ1v) is 7.42. The van der Waals surface area contributed by atoms with Crippen LogP contribution in [0.2, 0.25) is 0 Å². The van der Waals surface area contributed by atoms with Crippen LogP contribution in [-0.4, -0.2) is 5.78 Å². The molecule has 0 amide bonds. The van der Waals surface area contributed by atoms with Crippen LogP contribution < -0.4 is 0 Å². The second-order valence-electron chi connectivity index (χ2n) is 6.52. The van der Waals surface area contributed by atoms with Crippen LogP contribution in [0.4, 0.5) is 0 Å². The molecule has 0 saturated heterocycles. The fraction of sp³-hybridized carbons (Fsp3) is 0.812. The number of hydrogen-bond donors (Lipinski definition) is 0. The monoisotopic (exact) mass is 232 g/mol. The molecule has 0 N–H and O–H groups in total. The fourth-order valence-corrected chi connectivity index (χ4v) is 4.75. The normalized spacial score (nSPS) is 46.3. The van der Waals surface area contributed by atoms with Crippen molar-refractivity contribution < 1.29 is 4.79 Å². The number of hydrogen-bond acceptors (Lipinski definition) is 1. The predicted octanol–water partition coefficient (Wildman–Crippen LogP) is 3.98. The Labute approximate surface area is 105 Å². The second-order valence-corrected chi connectivity index (χ2v) is 6.52. The molecule has 1 heteroatoms. The van der Waals surface area contributed by atoms with Crippen LogP contribution in [0.5, 0.6) is 0 Å². The van der Waals surface area contributed by atoms with Gasteiger partial charge in [0.05, 0.1) is 0 Å². The van der Waals surface area contributed by atoms with Crippen molar-refractivity contribution in [1.29, 1.82) is 0 Å². The lowest BCUT2D eigenvalue weighted by atomic mass is 9.55. The van der Waals surface area contributed by atoms with Gasteiger partial charge in [0.25, 0.3) is 0 Å². The summed E-state index contributed by atoms with van der Waals surface area (Å²) in [6.07, 6.45) is 8.70. The topological polar surface area (TPSA) is 17.1 Å². The molecule has 3 fully saturated rings. The van der Waals surface area contributed by atoms with Crippen molar-refractivity contribution in [2.24, 2.45) is 29.6 Å². The lowest BCUT2D eigenvalue weighted by Crippen LogP contribution is -2.47. The van der Waals surface area contributed by atoms with Gasteiger partial charge in [-0.25, -0.2) is 0 Å². The van der Waals surface area contributed by atoms with E-state index in [2.05, 4.69) is 13.5 Å². The summed E-state index contributed by atoms with van der Waals surface area (Å²) < 4.78 is 0. The summed E-state index contributed by atoms with van der Waals surface area (Å²) in [6.45, 7) is 6.68. The van der Waals surface area contributed by atoms with Crippen LogP contribution in [0.15, 0.2) is 12.2 Å². The fourth-order valence-electron chi connectivity index (χ4n) is 4.75. The molecule has 0 aromatic carbocycles. The maximum atomic E-state index is 12.7. The third-order valence-electron chi connectivity index (χ3n) is 5.63.